The molecule has 0 aromatic carbocycles. The van der Waals surface area contributed by atoms with Gasteiger partial charge >= 0.3 is 13.8 Å². The maximum Gasteiger partial charge on any atom is 0.472 e. The molecule has 2 N–H and O–H groups in total. The molecule has 0 aromatic rings. The standard InChI is InChI=1S/C78H141N2O7P/c1-7-10-13-16-19-22-25-28-30-32-34-36-38-39-40-41-43-45-47-49-51-53-56-59-62-65-68-71-78(82)87-76(69-66-63-60-57-54-27-24-21-18-15-12-9-3)75(74-86-88(83,84)85-73-72-80(4,5)6)79-77(81)70-67-64-61-58-55-52-50-48-46-44-42-37-35-33-31-29-26-23-20-17-14-11-8-2/h19-20,22-23,28-31,34-37,44,46,66,69,75-76H,7-18,21,24-27,32-33,38-43,45,47-65,67-68,70-74H2,1-6H3,(H-,79,81,83,84)/p+1/b22-19-,23-20-,30-28-,31-29-,36-34-,37-35-,46-44-,69-66+. The second-order valence-electron chi connectivity index (χ2n) is 26.1. The average molecular weight is 1250 g/mol. The normalized spacial score (nSPS) is 14.0. The Bertz CT molecular complexity index is 1830. The van der Waals surface area contributed by atoms with E-state index in [9.17, 15) is 19.0 Å². The van der Waals surface area contributed by atoms with Gasteiger partial charge in [-0.3, -0.25) is 18.6 Å². The van der Waals surface area contributed by atoms with Crippen molar-refractivity contribution in [2.24, 2.45) is 0 Å². The fraction of sp³-hybridized carbons (Fsp3) is 0.769. The number of rotatable bonds is 67. The summed E-state index contributed by atoms with van der Waals surface area (Å²) in [4.78, 5) is 38.0. The lowest BCUT2D eigenvalue weighted by Gasteiger charge is -2.27. The zero-order chi connectivity index (χ0) is 64.2. The molecule has 88 heavy (non-hydrogen) atoms. The molecule has 10 heteroatoms. The zero-order valence-corrected chi connectivity index (χ0v) is 59.3. The topological polar surface area (TPSA) is 111 Å². The lowest BCUT2D eigenvalue weighted by atomic mass is 10.0. The molecule has 0 aliphatic carbocycles. The van der Waals surface area contributed by atoms with Crippen molar-refractivity contribution in [3.8, 4) is 0 Å². The lowest BCUT2D eigenvalue weighted by molar-refractivity contribution is -0.870. The Kier molecular flexibility index (Phi) is 64.5. The summed E-state index contributed by atoms with van der Waals surface area (Å²) < 4.78 is 30.9. The minimum absolute atomic E-state index is 0.0347. The summed E-state index contributed by atoms with van der Waals surface area (Å²) >= 11 is 0. The van der Waals surface area contributed by atoms with E-state index >= 15 is 0 Å². The minimum Gasteiger partial charge on any atom is -0.456 e. The van der Waals surface area contributed by atoms with E-state index in [1.165, 1.54) is 199 Å². The van der Waals surface area contributed by atoms with Gasteiger partial charge in [0.25, 0.3) is 0 Å². The third kappa shape index (κ3) is 67.3. The summed E-state index contributed by atoms with van der Waals surface area (Å²) in [5.41, 5.74) is 0. The SMILES string of the molecule is CCCCC/C=C\C/C=C\C/C=C\C/C=C\CCCCCCCCCC(=O)NC(COP(=O)(O)OCC[N+](C)(C)C)C(/C=C/CCCCCCCCCCCC)OC(=O)CCCCCCCCCCCCCCCC/C=C\C/C=C\C/C=C\CCCCC. The van der Waals surface area contributed by atoms with Crippen molar-refractivity contribution < 1.29 is 37.3 Å². The van der Waals surface area contributed by atoms with E-state index in [0.717, 1.165) is 103 Å². The van der Waals surface area contributed by atoms with E-state index in [2.05, 4.69) is 111 Å². The van der Waals surface area contributed by atoms with Crippen LogP contribution in [0.15, 0.2) is 97.2 Å². The fourth-order valence-corrected chi connectivity index (χ4v) is 11.3. The number of ether oxygens (including phenoxy) is 1. The van der Waals surface area contributed by atoms with E-state index in [1.807, 2.05) is 33.3 Å². The quantitative estimate of drug-likeness (QED) is 0.0205. The van der Waals surface area contributed by atoms with Gasteiger partial charge in [0.05, 0.1) is 33.8 Å². The van der Waals surface area contributed by atoms with Crippen molar-refractivity contribution in [2.45, 2.75) is 348 Å². The van der Waals surface area contributed by atoms with Crippen molar-refractivity contribution in [2.75, 3.05) is 40.9 Å². The summed E-state index contributed by atoms with van der Waals surface area (Å²) in [7, 11) is 1.49. The van der Waals surface area contributed by atoms with Gasteiger partial charge in [0.1, 0.15) is 19.3 Å². The van der Waals surface area contributed by atoms with Crippen LogP contribution in [-0.2, 0) is 27.9 Å². The summed E-state index contributed by atoms with van der Waals surface area (Å²) in [5.74, 6) is -0.512. The third-order valence-electron chi connectivity index (χ3n) is 16.2. The van der Waals surface area contributed by atoms with E-state index in [4.69, 9.17) is 13.8 Å². The van der Waals surface area contributed by atoms with Crippen LogP contribution in [0.25, 0.3) is 0 Å². The molecule has 0 saturated heterocycles. The fourth-order valence-electron chi connectivity index (χ4n) is 10.5. The number of phosphoric acid groups is 1. The molecule has 9 nitrogen and oxygen atoms in total. The Morgan fingerprint density at radius 1 is 0.398 bits per heavy atom. The first kappa shape index (κ1) is 84.9. The highest BCUT2D eigenvalue weighted by atomic mass is 31.2. The maximum atomic E-state index is 13.6. The Morgan fingerprint density at radius 2 is 0.693 bits per heavy atom. The number of hydrogen-bond donors (Lipinski definition) is 2. The second kappa shape index (κ2) is 66.8. The van der Waals surface area contributed by atoms with Crippen LogP contribution in [-0.4, -0.2) is 74.3 Å². The first-order valence-corrected chi connectivity index (χ1v) is 38.6. The molecular weight excluding hydrogens is 1110 g/mol. The molecule has 0 fully saturated rings. The van der Waals surface area contributed by atoms with Gasteiger partial charge in [0, 0.05) is 12.8 Å². The van der Waals surface area contributed by atoms with Crippen LogP contribution in [0.3, 0.4) is 0 Å². The summed E-state index contributed by atoms with van der Waals surface area (Å²) in [5, 5.41) is 3.07. The van der Waals surface area contributed by atoms with Crippen LogP contribution in [0.4, 0.5) is 0 Å². The first-order chi connectivity index (χ1) is 42.9. The monoisotopic (exact) mass is 1250 g/mol. The van der Waals surface area contributed by atoms with Crippen LogP contribution in [0.5, 0.6) is 0 Å². The molecule has 3 atom stereocenters. The van der Waals surface area contributed by atoms with Crippen LogP contribution in [0.1, 0.15) is 335 Å². The number of quaternary nitrogens is 1. The summed E-state index contributed by atoms with van der Waals surface area (Å²) in [6.45, 7) is 6.97. The lowest BCUT2D eigenvalue weighted by Crippen LogP contribution is -2.47. The largest absolute Gasteiger partial charge is 0.472 e. The summed E-state index contributed by atoms with van der Waals surface area (Å²) in [6, 6.07) is -0.860. The van der Waals surface area contributed by atoms with Gasteiger partial charge in [-0.05, 0) is 115 Å². The van der Waals surface area contributed by atoms with Crippen LogP contribution < -0.4 is 5.32 Å². The molecule has 0 saturated carbocycles. The van der Waals surface area contributed by atoms with Gasteiger partial charge in [-0.1, -0.05) is 305 Å². The number of hydrogen-bond acceptors (Lipinski definition) is 6. The molecule has 3 unspecified atom stereocenters. The van der Waals surface area contributed by atoms with Crippen molar-refractivity contribution >= 4 is 19.7 Å². The van der Waals surface area contributed by atoms with Gasteiger partial charge in [-0.25, -0.2) is 4.57 Å². The van der Waals surface area contributed by atoms with Crippen molar-refractivity contribution in [1.82, 2.24) is 5.32 Å². The van der Waals surface area contributed by atoms with Crippen LogP contribution in [0, 0.1) is 0 Å². The molecule has 0 rings (SSSR count). The molecule has 0 aliphatic heterocycles. The number of nitrogens with zero attached hydrogens (tertiary/aromatic N) is 1. The number of esters is 1. The molecule has 0 aromatic heterocycles. The number of carbonyl (C=O) groups is 2. The Balaban J connectivity index is 5.04. The number of carbonyl (C=O) groups excluding carboxylic acids is 2. The highest BCUT2D eigenvalue weighted by Gasteiger charge is 2.30. The third-order valence-corrected chi connectivity index (χ3v) is 17.2. The number of amides is 1. The number of likely N-dealkylation sites (N-methyl/N-ethyl adjacent to an activating group) is 1. The zero-order valence-electron chi connectivity index (χ0n) is 58.5. The molecule has 1 amide bonds. The number of nitrogens with one attached hydrogen (secondary N) is 1. The first-order valence-electron chi connectivity index (χ1n) is 37.1. The number of phosphoric ester groups is 1. The van der Waals surface area contributed by atoms with Crippen LogP contribution in [0.2, 0.25) is 0 Å². The summed E-state index contributed by atoms with van der Waals surface area (Å²) in [6.07, 6.45) is 91.3. The number of unbranched alkanes of at least 4 members (excludes halogenated alkanes) is 37. The Morgan fingerprint density at radius 3 is 1.06 bits per heavy atom. The average Bonchev–Trinajstić information content (AvgIpc) is 3.53. The molecule has 0 spiro atoms. The Labute approximate surface area is 545 Å². The van der Waals surface area contributed by atoms with Crippen molar-refractivity contribution in [1.29, 1.82) is 0 Å². The van der Waals surface area contributed by atoms with Crippen LogP contribution >= 0.6 is 7.82 Å². The van der Waals surface area contributed by atoms with Gasteiger partial charge in [-0.15, -0.1) is 0 Å². The molecule has 0 bridgehead atoms. The van der Waals surface area contributed by atoms with Crippen molar-refractivity contribution in [3.05, 3.63) is 97.2 Å². The Hall–Kier alpha value is -3.07. The van der Waals surface area contributed by atoms with Gasteiger partial charge in [0.2, 0.25) is 5.91 Å². The van der Waals surface area contributed by atoms with E-state index in [-0.39, 0.29) is 31.5 Å². The molecular formula is C78H142N2O7P+. The predicted octanol–water partition coefficient (Wildman–Crippen LogP) is 23.8. The molecule has 510 valence electrons. The van der Waals surface area contributed by atoms with Gasteiger partial charge in [0.15, 0.2) is 0 Å². The highest BCUT2D eigenvalue weighted by molar-refractivity contribution is 7.47. The molecule has 0 radical (unpaired) electrons. The highest BCUT2D eigenvalue weighted by Crippen LogP contribution is 2.43. The second-order valence-corrected chi connectivity index (χ2v) is 27.6. The smallest absolute Gasteiger partial charge is 0.456 e. The van der Waals surface area contributed by atoms with Gasteiger partial charge < -0.3 is 19.4 Å². The van der Waals surface area contributed by atoms with Gasteiger partial charge in [-0.2, -0.15) is 0 Å². The van der Waals surface area contributed by atoms with E-state index in [0.29, 0.717) is 17.4 Å². The maximum absolute atomic E-state index is 13.6. The van der Waals surface area contributed by atoms with E-state index < -0.39 is 20.0 Å². The van der Waals surface area contributed by atoms with E-state index in [1.54, 1.807) is 0 Å². The minimum atomic E-state index is -4.46. The molecule has 0 aliphatic rings. The number of allylic oxidation sites excluding steroid dienone is 15. The predicted molar refractivity (Wildman–Crippen MR) is 383 cm³/mol. The van der Waals surface area contributed by atoms with Crippen molar-refractivity contribution in [3.63, 3.8) is 0 Å². The molecule has 0 heterocycles.